The molecule has 3 aromatic rings. The molecule has 1 fully saturated rings. The van der Waals surface area contributed by atoms with E-state index in [1.807, 2.05) is 35.8 Å². The molecule has 9 heteroatoms. The average Bonchev–Trinajstić information content (AvgIpc) is 3.42. The van der Waals surface area contributed by atoms with Gasteiger partial charge in [-0.3, -0.25) is 4.79 Å². The fourth-order valence-corrected chi connectivity index (χ4v) is 4.30. The van der Waals surface area contributed by atoms with Crippen molar-refractivity contribution in [2.45, 2.75) is 44.1 Å². The Morgan fingerprint density at radius 1 is 1.22 bits per heavy atom. The van der Waals surface area contributed by atoms with Crippen LogP contribution in [-0.4, -0.2) is 39.1 Å². The van der Waals surface area contributed by atoms with Crippen molar-refractivity contribution in [1.82, 2.24) is 14.8 Å². The van der Waals surface area contributed by atoms with Gasteiger partial charge in [0, 0.05) is 18.0 Å². The maximum atomic E-state index is 13.1. The van der Waals surface area contributed by atoms with Gasteiger partial charge in [0.1, 0.15) is 5.82 Å². The minimum atomic E-state index is -0.278. The Hall–Kier alpha value is -2.91. The number of thioether (sulfide) groups is 1. The van der Waals surface area contributed by atoms with Crippen molar-refractivity contribution in [3.8, 4) is 0 Å². The van der Waals surface area contributed by atoms with Crippen molar-refractivity contribution in [3.05, 3.63) is 65.7 Å². The monoisotopic (exact) mass is 455 g/mol. The molecule has 1 atom stereocenters. The Kier molecular flexibility index (Phi) is 7.39. The molecular formula is C23H26FN5O2S. The number of amides is 1. The lowest BCUT2D eigenvalue weighted by Gasteiger charge is -2.15. The standard InChI is InChI=1S/C23H26FN5O2S/c1-16-4-2-5-19(12-16)26-22(30)15-32-23-28-27-21(29(23)14-20-6-3-11-31-20)13-25-18-9-7-17(24)8-10-18/h2,4-5,7-10,12,20,25H,3,6,11,13-15H2,1H3,(H,26,30). The predicted molar refractivity (Wildman–Crippen MR) is 123 cm³/mol. The molecule has 1 unspecified atom stereocenters. The summed E-state index contributed by atoms with van der Waals surface area (Å²) in [5.74, 6) is 0.590. The zero-order valence-electron chi connectivity index (χ0n) is 17.9. The third-order valence-corrected chi connectivity index (χ3v) is 6.10. The average molecular weight is 456 g/mol. The quantitative estimate of drug-likeness (QED) is 0.470. The molecule has 7 nitrogen and oxygen atoms in total. The van der Waals surface area contributed by atoms with Crippen molar-refractivity contribution < 1.29 is 13.9 Å². The van der Waals surface area contributed by atoms with E-state index >= 15 is 0 Å². The first-order valence-electron chi connectivity index (χ1n) is 10.6. The largest absolute Gasteiger partial charge is 0.378 e. The molecule has 1 aliphatic rings. The number of hydrogen-bond donors (Lipinski definition) is 2. The lowest BCUT2D eigenvalue weighted by atomic mass is 10.2. The van der Waals surface area contributed by atoms with Crippen LogP contribution < -0.4 is 10.6 Å². The SMILES string of the molecule is Cc1cccc(NC(=O)CSc2nnc(CNc3ccc(F)cc3)n2CC2CCCO2)c1. The van der Waals surface area contributed by atoms with Crippen LogP contribution in [0.1, 0.15) is 24.2 Å². The van der Waals surface area contributed by atoms with Gasteiger partial charge in [-0.05, 0) is 61.7 Å². The van der Waals surface area contributed by atoms with Crippen LogP contribution in [0.15, 0.2) is 53.7 Å². The van der Waals surface area contributed by atoms with Gasteiger partial charge in [-0.25, -0.2) is 4.39 Å². The number of nitrogens with zero attached hydrogens (tertiary/aromatic N) is 3. The third-order valence-electron chi connectivity index (χ3n) is 5.13. The van der Waals surface area contributed by atoms with Gasteiger partial charge in [0.15, 0.2) is 11.0 Å². The Morgan fingerprint density at radius 2 is 2.06 bits per heavy atom. The predicted octanol–water partition coefficient (Wildman–Crippen LogP) is 4.25. The summed E-state index contributed by atoms with van der Waals surface area (Å²) in [6, 6.07) is 13.9. The highest BCUT2D eigenvalue weighted by atomic mass is 32.2. The number of anilines is 2. The van der Waals surface area contributed by atoms with E-state index in [2.05, 4.69) is 20.8 Å². The minimum absolute atomic E-state index is 0.0988. The molecule has 0 radical (unpaired) electrons. The highest BCUT2D eigenvalue weighted by Crippen LogP contribution is 2.22. The number of halogens is 1. The molecular weight excluding hydrogens is 429 g/mol. The first-order chi connectivity index (χ1) is 15.6. The number of carbonyl (C=O) groups excluding carboxylic acids is 1. The fraction of sp³-hybridized carbons (Fsp3) is 0.348. The summed E-state index contributed by atoms with van der Waals surface area (Å²) in [7, 11) is 0. The molecule has 2 N–H and O–H groups in total. The van der Waals surface area contributed by atoms with Gasteiger partial charge in [0.05, 0.1) is 24.9 Å². The van der Waals surface area contributed by atoms with Crippen LogP contribution in [0, 0.1) is 12.7 Å². The number of rotatable bonds is 9. The molecule has 32 heavy (non-hydrogen) atoms. The third kappa shape index (κ3) is 6.08. The molecule has 1 saturated heterocycles. The van der Waals surface area contributed by atoms with Crippen LogP contribution in [0.25, 0.3) is 0 Å². The highest BCUT2D eigenvalue weighted by molar-refractivity contribution is 7.99. The number of hydrogen-bond acceptors (Lipinski definition) is 6. The summed E-state index contributed by atoms with van der Waals surface area (Å²) in [6.45, 7) is 3.81. The molecule has 2 heterocycles. The lowest BCUT2D eigenvalue weighted by molar-refractivity contribution is -0.113. The number of aromatic nitrogens is 3. The Bertz CT molecular complexity index is 1050. The summed E-state index contributed by atoms with van der Waals surface area (Å²) in [4.78, 5) is 12.4. The van der Waals surface area contributed by atoms with E-state index in [9.17, 15) is 9.18 Å². The number of nitrogens with one attached hydrogen (secondary N) is 2. The highest BCUT2D eigenvalue weighted by Gasteiger charge is 2.21. The first kappa shape index (κ1) is 22.3. The maximum Gasteiger partial charge on any atom is 0.234 e. The van der Waals surface area contributed by atoms with E-state index in [4.69, 9.17) is 4.74 Å². The minimum Gasteiger partial charge on any atom is -0.378 e. The normalized spacial score (nSPS) is 15.6. The molecule has 2 aromatic carbocycles. The van der Waals surface area contributed by atoms with Crippen molar-refractivity contribution in [3.63, 3.8) is 0 Å². The second kappa shape index (κ2) is 10.6. The van der Waals surface area contributed by atoms with Gasteiger partial charge < -0.3 is 19.9 Å². The van der Waals surface area contributed by atoms with Crippen molar-refractivity contribution >= 4 is 29.0 Å². The molecule has 0 aliphatic carbocycles. The van der Waals surface area contributed by atoms with Crippen molar-refractivity contribution in [2.75, 3.05) is 23.0 Å². The maximum absolute atomic E-state index is 13.1. The molecule has 168 valence electrons. The first-order valence-corrected chi connectivity index (χ1v) is 11.6. The lowest BCUT2D eigenvalue weighted by Crippen LogP contribution is -2.20. The number of carbonyl (C=O) groups is 1. The Balaban J connectivity index is 1.41. The zero-order valence-corrected chi connectivity index (χ0v) is 18.7. The van der Waals surface area contributed by atoms with Crippen LogP contribution in [0.4, 0.5) is 15.8 Å². The summed E-state index contributed by atoms with van der Waals surface area (Å²) in [5, 5.41) is 15.5. The number of ether oxygens (including phenoxy) is 1. The van der Waals surface area contributed by atoms with Crippen LogP contribution in [0.3, 0.4) is 0 Å². The molecule has 0 saturated carbocycles. The molecule has 1 amide bonds. The topological polar surface area (TPSA) is 81.1 Å². The van der Waals surface area contributed by atoms with E-state index in [1.54, 1.807) is 12.1 Å². The molecule has 4 rings (SSSR count). The molecule has 0 spiro atoms. The van der Waals surface area contributed by atoms with E-state index in [1.165, 1.54) is 23.9 Å². The summed E-state index contributed by atoms with van der Waals surface area (Å²) in [6.07, 6.45) is 2.13. The van der Waals surface area contributed by atoms with Crippen molar-refractivity contribution in [1.29, 1.82) is 0 Å². The van der Waals surface area contributed by atoms with E-state index in [0.29, 0.717) is 18.2 Å². The van der Waals surface area contributed by atoms with E-state index in [0.717, 1.165) is 42.2 Å². The van der Waals surface area contributed by atoms with Gasteiger partial charge >= 0.3 is 0 Å². The summed E-state index contributed by atoms with van der Waals surface area (Å²) in [5.41, 5.74) is 2.66. The smallest absolute Gasteiger partial charge is 0.234 e. The van der Waals surface area contributed by atoms with Crippen LogP contribution in [-0.2, 0) is 22.6 Å². The fourth-order valence-electron chi connectivity index (χ4n) is 3.53. The van der Waals surface area contributed by atoms with Gasteiger partial charge in [-0.2, -0.15) is 0 Å². The van der Waals surface area contributed by atoms with Gasteiger partial charge in [-0.15, -0.1) is 10.2 Å². The van der Waals surface area contributed by atoms with Crippen LogP contribution >= 0.6 is 11.8 Å². The second-order valence-electron chi connectivity index (χ2n) is 7.71. The van der Waals surface area contributed by atoms with E-state index in [-0.39, 0.29) is 23.6 Å². The number of benzene rings is 2. The molecule has 0 bridgehead atoms. The molecule has 1 aliphatic heterocycles. The summed E-state index contributed by atoms with van der Waals surface area (Å²) >= 11 is 1.35. The van der Waals surface area contributed by atoms with Gasteiger partial charge in [0.25, 0.3) is 0 Å². The Morgan fingerprint density at radius 3 is 2.81 bits per heavy atom. The Labute approximate surface area is 190 Å². The number of aryl methyl sites for hydroxylation is 1. The second-order valence-corrected chi connectivity index (χ2v) is 8.65. The summed E-state index contributed by atoms with van der Waals surface area (Å²) < 4.78 is 21.0. The van der Waals surface area contributed by atoms with Crippen LogP contribution in [0.2, 0.25) is 0 Å². The van der Waals surface area contributed by atoms with Crippen LogP contribution in [0.5, 0.6) is 0 Å². The van der Waals surface area contributed by atoms with Crippen molar-refractivity contribution in [2.24, 2.45) is 0 Å². The molecule has 1 aromatic heterocycles. The van der Waals surface area contributed by atoms with E-state index < -0.39 is 0 Å². The van der Waals surface area contributed by atoms with Gasteiger partial charge in [-0.1, -0.05) is 23.9 Å². The van der Waals surface area contributed by atoms with Gasteiger partial charge in [0.2, 0.25) is 5.91 Å². The zero-order chi connectivity index (χ0) is 22.3.